The zero-order chi connectivity index (χ0) is 13.4. The Labute approximate surface area is 110 Å². The lowest BCUT2D eigenvalue weighted by Gasteiger charge is -2.26. The highest BCUT2D eigenvalue weighted by molar-refractivity contribution is 6.28. The van der Waals surface area contributed by atoms with Crippen molar-refractivity contribution in [2.24, 2.45) is 0 Å². The Bertz CT molecular complexity index is 403. The zero-order valence-electron chi connectivity index (χ0n) is 11.9. The second-order valence-corrected chi connectivity index (χ2v) is 6.54. The van der Waals surface area contributed by atoms with Gasteiger partial charge in [0.2, 0.25) is 5.28 Å². The van der Waals surface area contributed by atoms with Gasteiger partial charge in [0, 0.05) is 5.41 Å². The highest BCUT2D eigenvalue weighted by Crippen LogP contribution is 2.34. The molecule has 1 aromatic rings. The molecule has 1 heterocycles. The summed E-state index contributed by atoms with van der Waals surface area (Å²) >= 11 is 6.05. The molecule has 0 atom stereocenters. The Morgan fingerprint density at radius 3 is 1.82 bits per heavy atom. The molecule has 0 amide bonds. The standard InChI is InChI=1S/C14H23ClN2/c1-8(2)10-11(9(3)4)16-13(15)17-12(10)14(5,6)7/h8-9H,1-7H3. The third-order valence-corrected chi connectivity index (χ3v) is 2.95. The fraction of sp³-hybridized carbons (Fsp3) is 0.714. The summed E-state index contributed by atoms with van der Waals surface area (Å²) in [5.41, 5.74) is 3.42. The van der Waals surface area contributed by atoms with Gasteiger partial charge in [-0.05, 0) is 29.0 Å². The summed E-state index contributed by atoms with van der Waals surface area (Å²) in [5.74, 6) is 0.785. The maximum Gasteiger partial charge on any atom is 0.222 e. The van der Waals surface area contributed by atoms with Gasteiger partial charge in [0.25, 0.3) is 0 Å². The van der Waals surface area contributed by atoms with E-state index in [0.29, 0.717) is 17.1 Å². The maximum atomic E-state index is 6.05. The second kappa shape index (κ2) is 4.93. The van der Waals surface area contributed by atoms with Crippen molar-refractivity contribution >= 4 is 11.6 Å². The van der Waals surface area contributed by atoms with E-state index in [1.165, 1.54) is 5.56 Å². The third kappa shape index (κ3) is 3.19. The van der Waals surface area contributed by atoms with E-state index < -0.39 is 0 Å². The molecule has 3 heteroatoms. The van der Waals surface area contributed by atoms with Gasteiger partial charge in [-0.2, -0.15) is 0 Å². The third-order valence-electron chi connectivity index (χ3n) is 2.78. The van der Waals surface area contributed by atoms with Gasteiger partial charge in [0.1, 0.15) is 0 Å². The molecule has 0 spiro atoms. The first-order valence-electron chi connectivity index (χ1n) is 6.22. The highest BCUT2D eigenvalue weighted by atomic mass is 35.5. The minimum Gasteiger partial charge on any atom is -0.222 e. The second-order valence-electron chi connectivity index (χ2n) is 6.20. The average Bonchev–Trinajstić information content (AvgIpc) is 2.14. The molecule has 0 unspecified atom stereocenters. The lowest BCUT2D eigenvalue weighted by atomic mass is 9.82. The fourth-order valence-corrected chi connectivity index (χ4v) is 2.21. The average molecular weight is 255 g/mol. The van der Waals surface area contributed by atoms with E-state index >= 15 is 0 Å². The zero-order valence-corrected chi connectivity index (χ0v) is 12.7. The van der Waals surface area contributed by atoms with E-state index in [9.17, 15) is 0 Å². The molecule has 0 aliphatic carbocycles. The number of nitrogens with zero attached hydrogens (tertiary/aromatic N) is 2. The number of hydrogen-bond donors (Lipinski definition) is 0. The Morgan fingerprint density at radius 2 is 1.47 bits per heavy atom. The van der Waals surface area contributed by atoms with Crippen LogP contribution in [-0.4, -0.2) is 9.97 Å². The Morgan fingerprint density at radius 1 is 0.941 bits per heavy atom. The molecule has 96 valence electrons. The van der Waals surface area contributed by atoms with Crippen LogP contribution in [0.1, 0.15) is 77.3 Å². The van der Waals surface area contributed by atoms with Crippen LogP contribution in [0.25, 0.3) is 0 Å². The van der Waals surface area contributed by atoms with Crippen molar-refractivity contribution in [2.75, 3.05) is 0 Å². The first-order chi connectivity index (χ1) is 7.64. The summed E-state index contributed by atoms with van der Waals surface area (Å²) in [6.45, 7) is 15.2. The molecule has 2 nitrogen and oxygen atoms in total. The van der Waals surface area contributed by atoms with Crippen molar-refractivity contribution < 1.29 is 0 Å². The van der Waals surface area contributed by atoms with Crippen LogP contribution in [0.15, 0.2) is 0 Å². The van der Waals surface area contributed by atoms with E-state index in [2.05, 4.69) is 58.4 Å². The van der Waals surface area contributed by atoms with Gasteiger partial charge in [-0.15, -0.1) is 0 Å². The first kappa shape index (κ1) is 14.4. The summed E-state index contributed by atoms with van der Waals surface area (Å²) < 4.78 is 0. The molecule has 1 rings (SSSR count). The van der Waals surface area contributed by atoms with Crippen LogP contribution >= 0.6 is 11.6 Å². The van der Waals surface area contributed by atoms with E-state index in [0.717, 1.165) is 11.4 Å². The Hall–Kier alpha value is -0.630. The van der Waals surface area contributed by atoms with Crippen LogP contribution in [0, 0.1) is 0 Å². The Balaban J connectivity index is 3.58. The quantitative estimate of drug-likeness (QED) is 0.717. The normalized spacial score (nSPS) is 12.6. The molecule has 0 saturated heterocycles. The lowest BCUT2D eigenvalue weighted by Crippen LogP contribution is -2.20. The molecule has 0 aliphatic heterocycles. The first-order valence-corrected chi connectivity index (χ1v) is 6.60. The summed E-state index contributed by atoms with van der Waals surface area (Å²) in [4.78, 5) is 8.89. The summed E-state index contributed by atoms with van der Waals surface area (Å²) in [6.07, 6.45) is 0. The number of aromatic nitrogens is 2. The van der Waals surface area contributed by atoms with Crippen molar-refractivity contribution in [3.63, 3.8) is 0 Å². The largest absolute Gasteiger partial charge is 0.222 e. The van der Waals surface area contributed by atoms with Gasteiger partial charge in [-0.25, -0.2) is 9.97 Å². The van der Waals surface area contributed by atoms with E-state index in [-0.39, 0.29) is 5.41 Å². The number of halogens is 1. The van der Waals surface area contributed by atoms with Crippen molar-refractivity contribution in [1.29, 1.82) is 0 Å². The van der Waals surface area contributed by atoms with Crippen molar-refractivity contribution in [2.45, 2.75) is 65.7 Å². The monoisotopic (exact) mass is 254 g/mol. The highest BCUT2D eigenvalue weighted by Gasteiger charge is 2.26. The molecule has 0 bridgehead atoms. The molecular formula is C14H23ClN2. The molecule has 1 aromatic heterocycles. The van der Waals surface area contributed by atoms with Crippen LogP contribution in [0.3, 0.4) is 0 Å². The van der Waals surface area contributed by atoms with E-state index in [1.807, 2.05) is 0 Å². The van der Waals surface area contributed by atoms with Crippen LogP contribution in [0.5, 0.6) is 0 Å². The fourth-order valence-electron chi connectivity index (χ4n) is 2.04. The minimum atomic E-state index is -0.00414. The van der Waals surface area contributed by atoms with Gasteiger partial charge in [0.15, 0.2) is 0 Å². The Kier molecular flexibility index (Phi) is 4.19. The molecule has 0 aromatic carbocycles. The minimum absolute atomic E-state index is 0.00414. The van der Waals surface area contributed by atoms with E-state index in [4.69, 9.17) is 11.6 Å². The van der Waals surface area contributed by atoms with Gasteiger partial charge in [0.05, 0.1) is 11.4 Å². The van der Waals surface area contributed by atoms with E-state index in [1.54, 1.807) is 0 Å². The molecule has 0 radical (unpaired) electrons. The molecule has 0 aliphatic rings. The molecule has 0 saturated carbocycles. The van der Waals surface area contributed by atoms with Crippen LogP contribution in [-0.2, 0) is 5.41 Å². The predicted octanol–water partition coefficient (Wildman–Crippen LogP) is 4.67. The molecule has 17 heavy (non-hydrogen) atoms. The number of hydrogen-bond acceptors (Lipinski definition) is 2. The van der Waals surface area contributed by atoms with Crippen LogP contribution in [0.2, 0.25) is 5.28 Å². The molecule has 0 fully saturated rings. The number of rotatable bonds is 2. The maximum absolute atomic E-state index is 6.05. The van der Waals surface area contributed by atoms with Crippen molar-refractivity contribution in [3.8, 4) is 0 Å². The topological polar surface area (TPSA) is 25.8 Å². The smallest absolute Gasteiger partial charge is 0.222 e. The van der Waals surface area contributed by atoms with Gasteiger partial charge >= 0.3 is 0 Å². The van der Waals surface area contributed by atoms with Crippen molar-refractivity contribution in [1.82, 2.24) is 9.97 Å². The molecular weight excluding hydrogens is 232 g/mol. The van der Waals surface area contributed by atoms with Gasteiger partial charge in [-0.1, -0.05) is 48.5 Å². The summed E-state index contributed by atoms with van der Waals surface area (Å²) in [7, 11) is 0. The van der Waals surface area contributed by atoms with Crippen molar-refractivity contribution in [3.05, 3.63) is 22.2 Å². The van der Waals surface area contributed by atoms with Gasteiger partial charge in [-0.3, -0.25) is 0 Å². The van der Waals surface area contributed by atoms with Crippen LogP contribution < -0.4 is 0 Å². The summed E-state index contributed by atoms with van der Waals surface area (Å²) in [6, 6.07) is 0. The predicted molar refractivity (Wildman–Crippen MR) is 73.9 cm³/mol. The molecule has 0 N–H and O–H groups in total. The van der Waals surface area contributed by atoms with Gasteiger partial charge < -0.3 is 0 Å². The van der Waals surface area contributed by atoms with Crippen LogP contribution in [0.4, 0.5) is 0 Å². The SMILES string of the molecule is CC(C)c1nc(Cl)nc(C(C)(C)C)c1C(C)C. The lowest BCUT2D eigenvalue weighted by molar-refractivity contribution is 0.545. The summed E-state index contributed by atoms with van der Waals surface area (Å²) in [5, 5.41) is 0.364.